The van der Waals surface area contributed by atoms with Gasteiger partial charge < -0.3 is 4.74 Å². The lowest BCUT2D eigenvalue weighted by Gasteiger charge is -2.31. The van der Waals surface area contributed by atoms with Crippen LogP contribution in [0.25, 0.3) is 32.8 Å². The summed E-state index contributed by atoms with van der Waals surface area (Å²) in [6.45, 7) is 6.57. The first-order valence-electron chi connectivity index (χ1n) is 14.1. The summed E-state index contributed by atoms with van der Waals surface area (Å²) in [5.74, 6) is 0.924. The van der Waals surface area contributed by atoms with Crippen LogP contribution in [-0.4, -0.2) is 21.4 Å². The van der Waals surface area contributed by atoms with Crippen LogP contribution in [0.5, 0.6) is 5.75 Å². The zero-order chi connectivity index (χ0) is 28.9. The van der Waals surface area contributed by atoms with Crippen molar-refractivity contribution >= 4 is 38.6 Å². The van der Waals surface area contributed by atoms with Crippen molar-refractivity contribution in [3.63, 3.8) is 0 Å². The fraction of sp³-hybridized carbons (Fsp3) is 0.324. The van der Waals surface area contributed by atoms with Crippen molar-refractivity contribution in [1.82, 2.24) is 9.97 Å². The Balaban J connectivity index is 1.53. The average molecular weight is 557 g/mol. The lowest BCUT2D eigenvalue weighted by molar-refractivity contribution is -0.137. The molecule has 6 rings (SSSR count). The van der Waals surface area contributed by atoms with Gasteiger partial charge in [-0.05, 0) is 75.8 Å². The van der Waals surface area contributed by atoms with Crippen LogP contribution in [0.15, 0.2) is 66.7 Å². The van der Waals surface area contributed by atoms with Gasteiger partial charge in [0.15, 0.2) is 5.78 Å². The summed E-state index contributed by atoms with van der Waals surface area (Å²) in [6.07, 6.45) is 0.493. The van der Waals surface area contributed by atoms with Gasteiger partial charge in [0.1, 0.15) is 11.4 Å². The Bertz CT molecular complexity index is 1810. The van der Waals surface area contributed by atoms with Gasteiger partial charge in [0.25, 0.3) is 0 Å². The molecule has 1 unspecified atom stereocenters. The summed E-state index contributed by atoms with van der Waals surface area (Å²) in [4.78, 5) is 23.3. The highest BCUT2D eigenvalue weighted by Gasteiger charge is 2.31. The predicted molar refractivity (Wildman–Crippen MR) is 155 cm³/mol. The van der Waals surface area contributed by atoms with Gasteiger partial charge in [0.2, 0.25) is 0 Å². The van der Waals surface area contributed by atoms with Crippen molar-refractivity contribution in [2.24, 2.45) is 5.92 Å². The Hall–Kier alpha value is -4.00. The third-order valence-electron chi connectivity index (χ3n) is 8.11. The molecule has 0 amide bonds. The summed E-state index contributed by atoms with van der Waals surface area (Å²) in [5.41, 5.74) is 2.70. The van der Waals surface area contributed by atoms with Gasteiger partial charge in [-0.1, -0.05) is 49.7 Å². The number of hydrogen-bond acceptors (Lipinski definition) is 4. The van der Waals surface area contributed by atoms with Crippen LogP contribution in [0, 0.1) is 5.92 Å². The smallest absolute Gasteiger partial charge is 0.416 e. The topological polar surface area (TPSA) is 52.1 Å². The summed E-state index contributed by atoms with van der Waals surface area (Å²) in [7, 11) is 0. The van der Waals surface area contributed by atoms with Gasteiger partial charge in [0.05, 0.1) is 27.6 Å². The number of benzene rings is 4. The van der Waals surface area contributed by atoms with E-state index in [0.717, 1.165) is 77.4 Å². The number of carbonyl (C=O) groups is 1. The Labute approximate surface area is 236 Å². The second-order valence-corrected chi connectivity index (χ2v) is 11.8. The zero-order valence-electron chi connectivity index (χ0n) is 23.3. The van der Waals surface area contributed by atoms with E-state index in [9.17, 15) is 18.0 Å². The van der Waals surface area contributed by atoms with Crippen LogP contribution in [0.4, 0.5) is 13.2 Å². The molecule has 41 heavy (non-hydrogen) atoms. The molecule has 1 atom stereocenters. The fourth-order valence-electron chi connectivity index (χ4n) is 5.84. The van der Waals surface area contributed by atoms with E-state index in [4.69, 9.17) is 14.7 Å². The number of hydrogen-bond donors (Lipinski definition) is 0. The van der Waals surface area contributed by atoms with Crippen molar-refractivity contribution in [3.05, 3.63) is 89.0 Å². The van der Waals surface area contributed by atoms with Crippen LogP contribution in [-0.2, 0) is 12.6 Å². The number of rotatable bonds is 2. The van der Waals surface area contributed by atoms with Crippen LogP contribution in [0.3, 0.4) is 0 Å². The molecule has 0 bridgehead atoms. The number of alkyl halides is 3. The molecule has 2 heterocycles. The third-order valence-corrected chi connectivity index (χ3v) is 8.11. The molecule has 0 fully saturated rings. The van der Waals surface area contributed by atoms with Crippen LogP contribution < -0.4 is 4.74 Å². The van der Waals surface area contributed by atoms with Crippen molar-refractivity contribution in [3.8, 4) is 5.75 Å². The van der Waals surface area contributed by atoms with E-state index in [1.54, 1.807) is 18.2 Å². The van der Waals surface area contributed by atoms with E-state index in [2.05, 4.69) is 26.8 Å². The van der Waals surface area contributed by atoms with E-state index in [1.165, 1.54) is 12.1 Å². The van der Waals surface area contributed by atoms with Crippen molar-refractivity contribution < 1.29 is 22.7 Å². The minimum absolute atomic E-state index is 0.0272. The zero-order valence-corrected chi connectivity index (χ0v) is 23.3. The number of ether oxygens (including phenoxy) is 1. The first kappa shape index (κ1) is 27.2. The SMILES string of the molecule is CC1CCCC(C)(C)Oc2c(c3nc4ccc(C(=O)c5cccc(C(F)(F)F)c5)cc4nc3c3ccccc23)CC1. The Morgan fingerprint density at radius 1 is 0.878 bits per heavy atom. The highest BCUT2D eigenvalue weighted by molar-refractivity contribution is 6.13. The number of nitrogens with zero attached hydrogens (tertiary/aromatic N) is 2. The highest BCUT2D eigenvalue weighted by Crippen LogP contribution is 2.42. The monoisotopic (exact) mass is 556 g/mol. The summed E-state index contributed by atoms with van der Waals surface area (Å²) in [6, 6.07) is 17.4. The summed E-state index contributed by atoms with van der Waals surface area (Å²) in [5, 5.41) is 1.88. The molecular weight excluding hydrogens is 525 g/mol. The van der Waals surface area contributed by atoms with E-state index < -0.39 is 17.5 Å². The molecule has 1 aliphatic heterocycles. The molecule has 0 saturated carbocycles. The summed E-state index contributed by atoms with van der Waals surface area (Å²) >= 11 is 0. The van der Waals surface area contributed by atoms with Gasteiger partial charge >= 0.3 is 6.18 Å². The molecule has 0 saturated heterocycles. The van der Waals surface area contributed by atoms with E-state index in [1.807, 2.05) is 18.2 Å². The maximum Gasteiger partial charge on any atom is 0.416 e. The molecule has 5 aromatic rings. The Kier molecular flexibility index (Phi) is 6.71. The van der Waals surface area contributed by atoms with Gasteiger partial charge in [0, 0.05) is 27.5 Å². The number of aryl methyl sites for hydroxylation is 1. The van der Waals surface area contributed by atoms with Gasteiger partial charge in [-0.2, -0.15) is 13.2 Å². The number of ketones is 1. The standard InChI is InChI=1S/C34H31F3N2O2/c1-20-8-7-17-33(2,3)41-32-25-12-5-4-11-24(25)29-30(26(32)15-13-20)38-27-16-14-22(19-28(27)39-29)31(40)21-9-6-10-23(18-21)34(35,36)37/h4-6,9-12,14,16,18-20H,7-8,13,15,17H2,1-3H3. The second-order valence-electron chi connectivity index (χ2n) is 11.8. The highest BCUT2D eigenvalue weighted by atomic mass is 19.4. The van der Waals surface area contributed by atoms with Crippen LogP contribution in [0.1, 0.15) is 73.5 Å². The van der Waals surface area contributed by atoms with Crippen LogP contribution in [0.2, 0.25) is 0 Å². The number of carbonyl (C=O) groups excluding carboxylic acids is 1. The van der Waals surface area contributed by atoms with E-state index in [-0.39, 0.29) is 16.7 Å². The molecular formula is C34H31F3N2O2. The number of fused-ring (bicyclic) bond motifs is 7. The minimum Gasteiger partial charge on any atom is -0.487 e. The van der Waals surface area contributed by atoms with E-state index >= 15 is 0 Å². The quantitative estimate of drug-likeness (QED) is 0.124. The first-order valence-corrected chi connectivity index (χ1v) is 14.1. The van der Waals surface area contributed by atoms with Crippen molar-refractivity contribution in [2.75, 3.05) is 0 Å². The first-order chi connectivity index (χ1) is 19.5. The van der Waals surface area contributed by atoms with E-state index in [0.29, 0.717) is 17.0 Å². The molecule has 210 valence electrons. The maximum absolute atomic E-state index is 13.3. The molecule has 4 aromatic carbocycles. The predicted octanol–water partition coefficient (Wildman–Crippen LogP) is 9.10. The van der Waals surface area contributed by atoms with Crippen LogP contribution >= 0.6 is 0 Å². The number of aromatic nitrogens is 2. The van der Waals surface area contributed by atoms with Crippen molar-refractivity contribution in [2.45, 2.75) is 64.7 Å². The molecule has 0 spiro atoms. The summed E-state index contributed by atoms with van der Waals surface area (Å²) < 4.78 is 46.5. The number of halogens is 3. The lowest BCUT2D eigenvalue weighted by Crippen LogP contribution is -2.29. The Morgan fingerprint density at radius 3 is 2.39 bits per heavy atom. The maximum atomic E-state index is 13.3. The second kappa shape index (κ2) is 10.1. The average Bonchev–Trinajstić information content (AvgIpc) is 2.94. The van der Waals surface area contributed by atoms with Gasteiger partial charge in [-0.25, -0.2) is 9.97 Å². The van der Waals surface area contributed by atoms with Gasteiger partial charge in [-0.15, -0.1) is 0 Å². The molecule has 0 radical (unpaired) electrons. The fourth-order valence-corrected chi connectivity index (χ4v) is 5.84. The Morgan fingerprint density at radius 2 is 1.61 bits per heavy atom. The van der Waals surface area contributed by atoms with Crippen molar-refractivity contribution in [1.29, 1.82) is 0 Å². The molecule has 4 nitrogen and oxygen atoms in total. The normalized spacial score (nSPS) is 17.8. The molecule has 0 N–H and O–H groups in total. The minimum atomic E-state index is -4.53. The third kappa shape index (κ3) is 5.25. The molecule has 1 aromatic heterocycles. The molecule has 1 aliphatic rings. The molecule has 7 heteroatoms. The van der Waals surface area contributed by atoms with Gasteiger partial charge in [-0.3, -0.25) is 4.79 Å². The molecule has 0 aliphatic carbocycles. The lowest BCUT2D eigenvalue weighted by atomic mass is 9.89. The largest absolute Gasteiger partial charge is 0.487 e.